The molecule has 0 radical (unpaired) electrons. The lowest BCUT2D eigenvalue weighted by Gasteiger charge is -2.29. The van der Waals surface area contributed by atoms with Crippen LogP contribution in [0.5, 0.6) is 0 Å². The predicted molar refractivity (Wildman–Crippen MR) is 91.8 cm³/mol. The molecule has 1 aromatic heterocycles. The van der Waals surface area contributed by atoms with Gasteiger partial charge in [-0.25, -0.2) is 4.98 Å². The molecule has 2 aromatic rings. The molecule has 1 atom stereocenters. The van der Waals surface area contributed by atoms with Gasteiger partial charge in [0.05, 0.1) is 6.16 Å². The summed E-state index contributed by atoms with van der Waals surface area (Å²) < 4.78 is 11.5. The SMILES string of the molecule is CN(Cc1cc(Cl)nc(Cl)c1)C(CP(=O)(O)O)c1ccccc1. The highest BCUT2D eigenvalue weighted by molar-refractivity contribution is 7.51. The molecular weight excluding hydrogens is 358 g/mol. The van der Waals surface area contributed by atoms with Crippen molar-refractivity contribution in [3.8, 4) is 0 Å². The van der Waals surface area contributed by atoms with E-state index in [0.29, 0.717) is 6.54 Å². The third kappa shape index (κ3) is 5.88. The molecule has 0 saturated heterocycles. The van der Waals surface area contributed by atoms with Gasteiger partial charge in [-0.1, -0.05) is 53.5 Å². The third-order valence-electron chi connectivity index (χ3n) is 3.38. The second-order valence-electron chi connectivity index (χ2n) is 5.31. The lowest BCUT2D eigenvalue weighted by atomic mass is 10.1. The van der Waals surface area contributed by atoms with Gasteiger partial charge in [0.15, 0.2) is 0 Å². The van der Waals surface area contributed by atoms with E-state index in [4.69, 9.17) is 23.2 Å². The van der Waals surface area contributed by atoms with Gasteiger partial charge < -0.3 is 9.79 Å². The van der Waals surface area contributed by atoms with Crippen LogP contribution in [0.25, 0.3) is 0 Å². The van der Waals surface area contributed by atoms with E-state index in [1.165, 1.54) is 0 Å². The van der Waals surface area contributed by atoms with Crippen molar-refractivity contribution >= 4 is 30.8 Å². The molecule has 1 aromatic carbocycles. The quantitative estimate of drug-likeness (QED) is 0.595. The van der Waals surface area contributed by atoms with Gasteiger partial charge in [0.2, 0.25) is 0 Å². The summed E-state index contributed by atoms with van der Waals surface area (Å²) in [6.45, 7) is 0.432. The second kappa shape index (κ2) is 7.75. The highest BCUT2D eigenvalue weighted by Gasteiger charge is 2.26. The maximum absolute atomic E-state index is 11.5. The van der Waals surface area contributed by atoms with Gasteiger partial charge in [-0.2, -0.15) is 0 Å². The van der Waals surface area contributed by atoms with Gasteiger partial charge in [0.25, 0.3) is 0 Å². The summed E-state index contributed by atoms with van der Waals surface area (Å²) in [5.41, 5.74) is 1.66. The van der Waals surface area contributed by atoms with Crippen molar-refractivity contribution in [1.82, 2.24) is 9.88 Å². The van der Waals surface area contributed by atoms with Gasteiger partial charge in [-0.15, -0.1) is 0 Å². The van der Waals surface area contributed by atoms with Crippen LogP contribution in [-0.4, -0.2) is 32.9 Å². The van der Waals surface area contributed by atoms with Crippen molar-refractivity contribution < 1.29 is 14.4 Å². The lowest BCUT2D eigenvalue weighted by molar-refractivity contribution is 0.243. The number of hydrogen-bond donors (Lipinski definition) is 2. The lowest BCUT2D eigenvalue weighted by Crippen LogP contribution is -2.27. The Morgan fingerprint density at radius 1 is 1.17 bits per heavy atom. The third-order valence-corrected chi connectivity index (χ3v) is 4.59. The number of halogens is 2. The maximum Gasteiger partial charge on any atom is 0.327 e. The first-order valence-corrected chi connectivity index (χ1v) is 9.42. The van der Waals surface area contributed by atoms with E-state index in [0.717, 1.165) is 11.1 Å². The highest BCUT2D eigenvalue weighted by atomic mass is 35.5. The Labute approximate surface area is 145 Å². The fraction of sp³-hybridized carbons (Fsp3) is 0.267. The van der Waals surface area contributed by atoms with E-state index < -0.39 is 13.6 Å². The Morgan fingerprint density at radius 2 is 1.74 bits per heavy atom. The van der Waals surface area contributed by atoms with Crippen molar-refractivity contribution in [1.29, 1.82) is 0 Å². The molecule has 5 nitrogen and oxygen atoms in total. The monoisotopic (exact) mass is 374 g/mol. The number of benzene rings is 1. The zero-order valence-electron chi connectivity index (χ0n) is 12.4. The largest absolute Gasteiger partial charge is 0.327 e. The summed E-state index contributed by atoms with van der Waals surface area (Å²) in [4.78, 5) is 24.5. The molecule has 0 bridgehead atoms. The van der Waals surface area contributed by atoms with Crippen LogP contribution >= 0.6 is 30.8 Å². The molecule has 0 aliphatic carbocycles. The molecular formula is C15H17Cl2N2O3P. The average molecular weight is 375 g/mol. The van der Waals surface area contributed by atoms with Crippen molar-refractivity contribution in [2.24, 2.45) is 0 Å². The minimum Gasteiger partial charge on any atom is -0.324 e. The van der Waals surface area contributed by atoms with Gasteiger partial charge in [-0.3, -0.25) is 9.46 Å². The minimum atomic E-state index is -4.17. The summed E-state index contributed by atoms with van der Waals surface area (Å²) in [5, 5.41) is 0.569. The van der Waals surface area contributed by atoms with Crippen LogP contribution in [0.2, 0.25) is 10.3 Å². The highest BCUT2D eigenvalue weighted by Crippen LogP contribution is 2.41. The van der Waals surface area contributed by atoms with Gasteiger partial charge in [-0.05, 0) is 30.3 Å². The van der Waals surface area contributed by atoms with E-state index in [2.05, 4.69) is 4.98 Å². The van der Waals surface area contributed by atoms with E-state index in [1.807, 2.05) is 35.2 Å². The Bertz CT molecular complexity index is 689. The molecule has 1 unspecified atom stereocenters. The van der Waals surface area contributed by atoms with Crippen molar-refractivity contribution in [2.75, 3.05) is 13.2 Å². The zero-order valence-corrected chi connectivity index (χ0v) is 14.8. The standard InChI is InChI=1S/C15H17Cl2N2O3P/c1-19(9-11-7-14(16)18-15(17)8-11)13(10-23(20,21)22)12-5-3-2-4-6-12/h2-8,13H,9-10H2,1H3,(H2,20,21,22). The molecule has 2 N–H and O–H groups in total. The Morgan fingerprint density at radius 3 is 2.26 bits per heavy atom. The molecule has 124 valence electrons. The predicted octanol–water partition coefficient (Wildman–Crippen LogP) is 3.74. The average Bonchev–Trinajstić information content (AvgIpc) is 2.43. The minimum absolute atomic E-state index is 0.264. The summed E-state index contributed by atoms with van der Waals surface area (Å²) in [6, 6.07) is 12.2. The molecule has 23 heavy (non-hydrogen) atoms. The Kier molecular flexibility index (Phi) is 6.20. The topological polar surface area (TPSA) is 73.7 Å². The summed E-state index contributed by atoms with van der Waals surface area (Å²) in [6.07, 6.45) is -0.264. The Hall–Kier alpha value is -0.940. The normalized spacial score (nSPS) is 13.3. The molecule has 0 fully saturated rings. The molecule has 0 amide bonds. The smallest absolute Gasteiger partial charge is 0.324 e. The number of rotatable bonds is 6. The van der Waals surface area contributed by atoms with E-state index >= 15 is 0 Å². The van der Waals surface area contributed by atoms with Crippen molar-refractivity contribution in [3.63, 3.8) is 0 Å². The molecule has 0 aliphatic heterocycles. The van der Waals surface area contributed by atoms with Crippen molar-refractivity contribution in [2.45, 2.75) is 12.6 Å². The number of nitrogens with zero attached hydrogens (tertiary/aromatic N) is 2. The Balaban J connectivity index is 2.25. The van der Waals surface area contributed by atoms with Gasteiger partial charge in [0.1, 0.15) is 10.3 Å². The molecule has 8 heteroatoms. The van der Waals surface area contributed by atoms with Gasteiger partial charge >= 0.3 is 7.60 Å². The van der Waals surface area contributed by atoms with Crippen molar-refractivity contribution in [3.05, 3.63) is 63.9 Å². The van der Waals surface area contributed by atoms with Crippen LogP contribution in [0, 0.1) is 0 Å². The van der Waals surface area contributed by atoms with E-state index in [9.17, 15) is 14.4 Å². The first-order valence-electron chi connectivity index (χ1n) is 6.86. The maximum atomic E-state index is 11.5. The summed E-state index contributed by atoms with van der Waals surface area (Å²) >= 11 is 11.8. The van der Waals surface area contributed by atoms with Crippen LogP contribution in [0.15, 0.2) is 42.5 Å². The first kappa shape index (κ1) is 18.4. The molecule has 0 spiro atoms. The number of pyridine rings is 1. The second-order valence-corrected chi connectivity index (χ2v) is 7.78. The van der Waals surface area contributed by atoms with Crippen LogP contribution in [0.3, 0.4) is 0 Å². The zero-order chi connectivity index (χ0) is 17.0. The van der Waals surface area contributed by atoms with Gasteiger partial charge in [0, 0.05) is 12.6 Å². The summed E-state index contributed by atoms with van der Waals surface area (Å²) in [5.74, 6) is 0. The fourth-order valence-electron chi connectivity index (χ4n) is 2.40. The van der Waals surface area contributed by atoms with Crippen LogP contribution < -0.4 is 0 Å². The molecule has 1 heterocycles. The summed E-state index contributed by atoms with van der Waals surface area (Å²) in [7, 11) is -2.37. The fourth-order valence-corrected chi connectivity index (χ4v) is 3.85. The van der Waals surface area contributed by atoms with E-state index in [-0.39, 0.29) is 16.5 Å². The van der Waals surface area contributed by atoms with Crippen LogP contribution in [0.4, 0.5) is 0 Å². The molecule has 0 saturated carbocycles. The molecule has 0 aliphatic rings. The number of hydrogen-bond acceptors (Lipinski definition) is 3. The van der Waals surface area contributed by atoms with Crippen LogP contribution in [0.1, 0.15) is 17.2 Å². The first-order chi connectivity index (χ1) is 10.7. The number of aromatic nitrogens is 1. The van der Waals surface area contributed by atoms with Crippen LogP contribution in [-0.2, 0) is 11.1 Å². The molecule has 2 rings (SSSR count). The van der Waals surface area contributed by atoms with E-state index in [1.54, 1.807) is 19.2 Å².